The first kappa shape index (κ1) is 15.3. The standard InChI is InChI=1S/C13H16N2O3S/c1-19-9-11(4-5-16)15-13(17)10(8-14)7-12-3-2-6-18-12/h2-3,6-7,11,16H,4-5,9H2,1H3,(H,15,17)/b10-7+. The highest BCUT2D eigenvalue weighted by atomic mass is 32.2. The van der Waals surface area contributed by atoms with Crippen molar-refractivity contribution in [1.29, 1.82) is 5.26 Å². The van der Waals surface area contributed by atoms with Gasteiger partial charge in [-0.2, -0.15) is 17.0 Å². The van der Waals surface area contributed by atoms with E-state index >= 15 is 0 Å². The van der Waals surface area contributed by atoms with Gasteiger partial charge in [-0.1, -0.05) is 0 Å². The molecule has 0 saturated heterocycles. The number of thioether (sulfide) groups is 1. The van der Waals surface area contributed by atoms with Crippen molar-refractivity contribution < 1.29 is 14.3 Å². The molecule has 1 rings (SSSR count). The average Bonchev–Trinajstić information content (AvgIpc) is 2.89. The normalized spacial score (nSPS) is 12.8. The molecule has 19 heavy (non-hydrogen) atoms. The summed E-state index contributed by atoms with van der Waals surface area (Å²) in [7, 11) is 0. The van der Waals surface area contributed by atoms with Crippen molar-refractivity contribution in [1.82, 2.24) is 5.32 Å². The van der Waals surface area contributed by atoms with Crippen LogP contribution in [0, 0.1) is 11.3 Å². The third kappa shape index (κ3) is 5.20. The van der Waals surface area contributed by atoms with E-state index in [1.54, 1.807) is 23.9 Å². The van der Waals surface area contributed by atoms with E-state index in [9.17, 15) is 4.79 Å². The number of carbonyl (C=O) groups is 1. The summed E-state index contributed by atoms with van der Waals surface area (Å²) in [6.07, 6.45) is 5.25. The number of aliphatic hydroxyl groups excluding tert-OH is 1. The lowest BCUT2D eigenvalue weighted by atomic mass is 10.2. The first-order valence-corrected chi connectivity index (χ1v) is 7.16. The number of rotatable bonds is 7. The molecule has 0 bridgehead atoms. The number of nitrogens with zero attached hydrogens (tertiary/aromatic N) is 1. The number of hydrogen-bond acceptors (Lipinski definition) is 5. The molecule has 1 aromatic rings. The van der Waals surface area contributed by atoms with Crippen LogP contribution in [0.1, 0.15) is 12.2 Å². The highest BCUT2D eigenvalue weighted by molar-refractivity contribution is 7.98. The largest absolute Gasteiger partial charge is 0.465 e. The number of furan rings is 1. The zero-order chi connectivity index (χ0) is 14.1. The molecule has 6 heteroatoms. The second-order valence-electron chi connectivity index (χ2n) is 3.82. The molecular weight excluding hydrogens is 264 g/mol. The van der Waals surface area contributed by atoms with Crippen molar-refractivity contribution in [3.63, 3.8) is 0 Å². The molecule has 0 radical (unpaired) electrons. The molecule has 0 aliphatic rings. The fourth-order valence-corrected chi connectivity index (χ4v) is 2.13. The van der Waals surface area contributed by atoms with Crippen LogP contribution in [0.5, 0.6) is 0 Å². The molecule has 1 unspecified atom stereocenters. The Bertz CT molecular complexity index is 457. The smallest absolute Gasteiger partial charge is 0.262 e. The van der Waals surface area contributed by atoms with Gasteiger partial charge in [0.05, 0.1) is 6.26 Å². The van der Waals surface area contributed by atoms with E-state index in [2.05, 4.69) is 5.32 Å². The SMILES string of the molecule is CSCC(CCO)NC(=O)/C(C#N)=C/c1ccco1. The minimum absolute atomic E-state index is 0.00467. The molecular formula is C13H16N2O3S. The minimum atomic E-state index is -0.452. The van der Waals surface area contributed by atoms with E-state index in [4.69, 9.17) is 14.8 Å². The Hall–Kier alpha value is -1.71. The van der Waals surface area contributed by atoms with Crippen LogP contribution in [0.2, 0.25) is 0 Å². The summed E-state index contributed by atoms with van der Waals surface area (Å²) in [4.78, 5) is 11.9. The predicted octanol–water partition coefficient (Wildman–Crippen LogP) is 1.42. The van der Waals surface area contributed by atoms with Gasteiger partial charge in [0.1, 0.15) is 17.4 Å². The Labute approximate surface area is 116 Å². The van der Waals surface area contributed by atoms with Crippen LogP contribution in [-0.4, -0.2) is 35.7 Å². The van der Waals surface area contributed by atoms with E-state index in [1.165, 1.54) is 12.3 Å². The second kappa shape index (κ2) is 8.40. The lowest BCUT2D eigenvalue weighted by molar-refractivity contribution is -0.117. The lowest BCUT2D eigenvalue weighted by Gasteiger charge is -2.16. The van der Waals surface area contributed by atoms with Crippen LogP contribution in [0.25, 0.3) is 6.08 Å². The van der Waals surface area contributed by atoms with E-state index in [-0.39, 0.29) is 18.2 Å². The molecule has 1 heterocycles. The van der Waals surface area contributed by atoms with Crippen molar-refractivity contribution >= 4 is 23.7 Å². The number of nitrogens with one attached hydrogen (secondary N) is 1. The summed E-state index contributed by atoms with van der Waals surface area (Å²) >= 11 is 1.57. The molecule has 102 valence electrons. The summed E-state index contributed by atoms with van der Waals surface area (Å²) in [5.74, 6) is 0.688. The van der Waals surface area contributed by atoms with E-state index in [0.717, 1.165) is 0 Å². The second-order valence-corrected chi connectivity index (χ2v) is 4.73. The quantitative estimate of drug-likeness (QED) is 0.582. The van der Waals surface area contributed by atoms with E-state index in [1.807, 2.05) is 12.3 Å². The molecule has 1 aromatic heterocycles. The zero-order valence-electron chi connectivity index (χ0n) is 10.6. The lowest BCUT2D eigenvalue weighted by Crippen LogP contribution is -2.37. The van der Waals surface area contributed by atoms with Crippen LogP contribution in [0.3, 0.4) is 0 Å². The Kier molecular flexibility index (Phi) is 6.79. The highest BCUT2D eigenvalue weighted by Crippen LogP contribution is 2.08. The van der Waals surface area contributed by atoms with Crippen LogP contribution in [0.4, 0.5) is 0 Å². The molecule has 0 aromatic carbocycles. The number of carbonyl (C=O) groups excluding carboxylic acids is 1. The monoisotopic (exact) mass is 280 g/mol. The van der Waals surface area contributed by atoms with Crippen molar-refractivity contribution in [2.24, 2.45) is 0 Å². The molecule has 1 atom stereocenters. The highest BCUT2D eigenvalue weighted by Gasteiger charge is 2.15. The van der Waals surface area contributed by atoms with Gasteiger partial charge < -0.3 is 14.8 Å². The molecule has 0 saturated carbocycles. The molecule has 0 spiro atoms. The van der Waals surface area contributed by atoms with Crippen molar-refractivity contribution in [3.8, 4) is 6.07 Å². The van der Waals surface area contributed by atoms with Gasteiger partial charge in [0, 0.05) is 24.5 Å². The van der Waals surface area contributed by atoms with Gasteiger partial charge in [-0.25, -0.2) is 0 Å². The summed E-state index contributed by atoms with van der Waals surface area (Å²) in [6.45, 7) is -0.00467. The van der Waals surface area contributed by atoms with Gasteiger partial charge in [-0.15, -0.1) is 0 Å². The van der Waals surface area contributed by atoms with Gasteiger partial charge in [0.2, 0.25) is 0 Å². The first-order valence-electron chi connectivity index (χ1n) is 5.77. The predicted molar refractivity (Wildman–Crippen MR) is 74.3 cm³/mol. The Morgan fingerprint density at radius 1 is 1.74 bits per heavy atom. The fraction of sp³-hybridized carbons (Fsp3) is 0.385. The average molecular weight is 280 g/mol. The number of amides is 1. The fourth-order valence-electron chi connectivity index (χ4n) is 1.48. The molecule has 1 amide bonds. The van der Waals surface area contributed by atoms with Gasteiger partial charge in [0.15, 0.2) is 0 Å². The van der Waals surface area contributed by atoms with E-state index in [0.29, 0.717) is 17.9 Å². The summed E-state index contributed by atoms with van der Waals surface area (Å²) in [5.41, 5.74) is -0.0148. The summed E-state index contributed by atoms with van der Waals surface area (Å²) in [5, 5.41) is 20.6. The molecule has 5 nitrogen and oxygen atoms in total. The molecule has 2 N–H and O–H groups in total. The molecule has 0 aliphatic heterocycles. The Balaban J connectivity index is 2.71. The van der Waals surface area contributed by atoms with Crippen molar-refractivity contribution in [2.75, 3.05) is 18.6 Å². The third-order valence-corrected chi connectivity index (χ3v) is 3.11. The maximum atomic E-state index is 11.9. The van der Waals surface area contributed by atoms with E-state index < -0.39 is 5.91 Å². The minimum Gasteiger partial charge on any atom is -0.465 e. The summed E-state index contributed by atoms with van der Waals surface area (Å²) in [6, 6.07) is 5.04. The number of aliphatic hydroxyl groups is 1. The van der Waals surface area contributed by atoms with Crippen LogP contribution in [-0.2, 0) is 4.79 Å². The number of nitriles is 1. The maximum Gasteiger partial charge on any atom is 0.262 e. The third-order valence-electron chi connectivity index (χ3n) is 2.38. The van der Waals surface area contributed by atoms with Crippen molar-refractivity contribution in [3.05, 3.63) is 29.7 Å². The number of hydrogen-bond donors (Lipinski definition) is 2. The van der Waals surface area contributed by atoms with Gasteiger partial charge >= 0.3 is 0 Å². The van der Waals surface area contributed by atoms with Gasteiger partial charge in [-0.3, -0.25) is 4.79 Å². The van der Waals surface area contributed by atoms with Crippen LogP contribution in [0.15, 0.2) is 28.4 Å². The first-order chi connectivity index (χ1) is 9.21. The molecule has 0 aliphatic carbocycles. The summed E-state index contributed by atoms with van der Waals surface area (Å²) < 4.78 is 5.06. The van der Waals surface area contributed by atoms with Gasteiger partial charge in [0.25, 0.3) is 5.91 Å². The Morgan fingerprint density at radius 3 is 3.05 bits per heavy atom. The Morgan fingerprint density at radius 2 is 2.53 bits per heavy atom. The van der Waals surface area contributed by atoms with Crippen molar-refractivity contribution in [2.45, 2.75) is 12.5 Å². The topological polar surface area (TPSA) is 86.3 Å². The molecule has 0 fully saturated rings. The van der Waals surface area contributed by atoms with Gasteiger partial charge in [-0.05, 0) is 24.8 Å². The van der Waals surface area contributed by atoms with Crippen LogP contribution < -0.4 is 5.32 Å². The maximum absolute atomic E-state index is 11.9. The van der Waals surface area contributed by atoms with Crippen LogP contribution >= 0.6 is 11.8 Å². The zero-order valence-corrected chi connectivity index (χ0v) is 11.4.